The fourth-order valence-corrected chi connectivity index (χ4v) is 2.86. The molecular formula is C21H24N4O2. The molecule has 1 atom stereocenters. The zero-order valence-corrected chi connectivity index (χ0v) is 16.1. The van der Waals surface area contributed by atoms with Gasteiger partial charge in [-0.05, 0) is 55.7 Å². The monoisotopic (exact) mass is 364 g/mol. The maximum absolute atomic E-state index is 12.7. The van der Waals surface area contributed by atoms with Crippen LogP contribution in [0.1, 0.15) is 23.7 Å². The average molecular weight is 364 g/mol. The van der Waals surface area contributed by atoms with Gasteiger partial charge in [0.1, 0.15) is 11.6 Å². The summed E-state index contributed by atoms with van der Waals surface area (Å²) in [6.07, 6.45) is 2.38. The number of aryl methyl sites for hydroxylation is 2. The molecule has 0 radical (unpaired) electrons. The van der Waals surface area contributed by atoms with Crippen LogP contribution < -0.4 is 10.1 Å². The number of carbonyl (C=O) groups excluding carboxylic acids is 1. The Balaban J connectivity index is 1.73. The van der Waals surface area contributed by atoms with E-state index in [1.807, 2.05) is 63.2 Å². The number of methoxy groups -OCH3 is 1. The third kappa shape index (κ3) is 4.53. The maximum atomic E-state index is 12.7. The van der Waals surface area contributed by atoms with Crippen LogP contribution in [0.3, 0.4) is 0 Å². The summed E-state index contributed by atoms with van der Waals surface area (Å²) in [7, 11) is 1.64. The lowest BCUT2D eigenvalue weighted by Crippen LogP contribution is -2.23. The molecule has 0 saturated heterocycles. The van der Waals surface area contributed by atoms with Crippen LogP contribution in [-0.2, 0) is 11.2 Å². The highest BCUT2D eigenvalue weighted by Gasteiger charge is 2.17. The van der Waals surface area contributed by atoms with Gasteiger partial charge in [-0.1, -0.05) is 19.1 Å². The summed E-state index contributed by atoms with van der Waals surface area (Å²) in [5, 5.41) is 7.45. The van der Waals surface area contributed by atoms with Gasteiger partial charge in [-0.2, -0.15) is 9.78 Å². The van der Waals surface area contributed by atoms with E-state index < -0.39 is 0 Å². The molecule has 3 aromatic rings. The van der Waals surface area contributed by atoms with Crippen molar-refractivity contribution in [2.75, 3.05) is 12.4 Å². The first kappa shape index (κ1) is 18.6. The Morgan fingerprint density at radius 2 is 1.93 bits per heavy atom. The number of aromatic nitrogens is 3. The lowest BCUT2D eigenvalue weighted by Gasteiger charge is -2.13. The molecule has 0 fully saturated rings. The molecule has 2 aromatic heterocycles. The summed E-state index contributed by atoms with van der Waals surface area (Å²) in [6.45, 7) is 5.80. The van der Waals surface area contributed by atoms with Crippen LogP contribution in [0, 0.1) is 19.8 Å². The Bertz CT molecular complexity index is 932. The molecular weight excluding hydrogens is 340 g/mol. The van der Waals surface area contributed by atoms with Crippen molar-refractivity contribution in [3.63, 3.8) is 0 Å². The largest absolute Gasteiger partial charge is 0.497 e. The Kier molecular flexibility index (Phi) is 5.54. The quantitative estimate of drug-likeness (QED) is 0.724. The minimum absolute atomic E-state index is 0.0559. The molecule has 0 spiro atoms. The highest BCUT2D eigenvalue weighted by Crippen LogP contribution is 2.19. The van der Waals surface area contributed by atoms with Crippen molar-refractivity contribution in [3.8, 4) is 11.6 Å². The van der Waals surface area contributed by atoms with Crippen molar-refractivity contribution in [1.29, 1.82) is 0 Å². The number of hydrogen-bond acceptors (Lipinski definition) is 4. The molecule has 140 valence electrons. The lowest BCUT2D eigenvalue weighted by atomic mass is 10.0. The van der Waals surface area contributed by atoms with Gasteiger partial charge in [0.2, 0.25) is 5.91 Å². The number of amides is 1. The Morgan fingerprint density at radius 3 is 2.59 bits per heavy atom. The zero-order valence-electron chi connectivity index (χ0n) is 16.1. The fourth-order valence-electron chi connectivity index (χ4n) is 2.86. The smallest absolute Gasteiger partial charge is 0.228 e. The number of rotatable bonds is 6. The van der Waals surface area contributed by atoms with Gasteiger partial charge in [-0.25, -0.2) is 4.98 Å². The van der Waals surface area contributed by atoms with Crippen LogP contribution >= 0.6 is 0 Å². The van der Waals surface area contributed by atoms with E-state index >= 15 is 0 Å². The fraction of sp³-hybridized carbons (Fsp3) is 0.286. The summed E-state index contributed by atoms with van der Waals surface area (Å²) in [4.78, 5) is 17.1. The molecule has 2 heterocycles. The van der Waals surface area contributed by atoms with E-state index in [1.54, 1.807) is 18.0 Å². The van der Waals surface area contributed by atoms with E-state index in [2.05, 4.69) is 15.4 Å². The molecule has 0 bridgehead atoms. The van der Waals surface area contributed by atoms with Gasteiger partial charge in [-0.3, -0.25) is 4.79 Å². The van der Waals surface area contributed by atoms with Crippen LogP contribution in [0.25, 0.3) is 5.82 Å². The number of pyridine rings is 1. The lowest BCUT2D eigenvalue weighted by molar-refractivity contribution is -0.119. The minimum atomic E-state index is -0.187. The molecule has 0 aliphatic rings. The normalized spacial score (nSPS) is 11.9. The molecule has 6 heteroatoms. The summed E-state index contributed by atoms with van der Waals surface area (Å²) in [6, 6.07) is 13.5. The highest BCUT2D eigenvalue weighted by molar-refractivity contribution is 5.92. The van der Waals surface area contributed by atoms with E-state index in [0.29, 0.717) is 18.1 Å². The molecule has 1 unspecified atom stereocenters. The second-order valence-corrected chi connectivity index (χ2v) is 6.72. The molecule has 1 amide bonds. The first-order chi connectivity index (χ1) is 13.0. The molecule has 1 aromatic carbocycles. The van der Waals surface area contributed by atoms with Crippen LogP contribution in [0.15, 0.2) is 48.7 Å². The van der Waals surface area contributed by atoms with Gasteiger partial charge in [0.15, 0.2) is 5.82 Å². The van der Waals surface area contributed by atoms with Crippen LogP contribution in [0.2, 0.25) is 0 Å². The SMILES string of the molecule is COc1ccc(CC(C)C(=O)Nc2cc(C)nn2-c2cc(C)ccn2)cc1. The van der Waals surface area contributed by atoms with E-state index in [4.69, 9.17) is 4.74 Å². The molecule has 3 rings (SSSR count). The van der Waals surface area contributed by atoms with Crippen LogP contribution in [0.5, 0.6) is 5.75 Å². The van der Waals surface area contributed by atoms with E-state index in [0.717, 1.165) is 22.6 Å². The number of anilines is 1. The topological polar surface area (TPSA) is 69.0 Å². The van der Waals surface area contributed by atoms with Crippen molar-refractivity contribution in [1.82, 2.24) is 14.8 Å². The van der Waals surface area contributed by atoms with Gasteiger partial charge in [-0.15, -0.1) is 0 Å². The summed E-state index contributed by atoms with van der Waals surface area (Å²) in [5.41, 5.74) is 2.98. The number of nitrogens with one attached hydrogen (secondary N) is 1. The van der Waals surface area contributed by atoms with Gasteiger partial charge < -0.3 is 10.1 Å². The average Bonchev–Trinajstić information content (AvgIpc) is 3.02. The van der Waals surface area contributed by atoms with Crippen molar-refractivity contribution in [2.45, 2.75) is 27.2 Å². The number of carbonyl (C=O) groups is 1. The van der Waals surface area contributed by atoms with Gasteiger partial charge in [0.25, 0.3) is 0 Å². The van der Waals surface area contributed by atoms with Crippen molar-refractivity contribution in [2.24, 2.45) is 5.92 Å². The van der Waals surface area contributed by atoms with E-state index in [-0.39, 0.29) is 11.8 Å². The summed E-state index contributed by atoms with van der Waals surface area (Å²) in [5.74, 6) is 1.87. The summed E-state index contributed by atoms with van der Waals surface area (Å²) >= 11 is 0. The third-order valence-corrected chi connectivity index (χ3v) is 4.35. The van der Waals surface area contributed by atoms with Crippen molar-refractivity contribution in [3.05, 3.63) is 65.5 Å². The van der Waals surface area contributed by atoms with Gasteiger partial charge >= 0.3 is 0 Å². The van der Waals surface area contributed by atoms with Crippen LogP contribution in [0.4, 0.5) is 5.82 Å². The second-order valence-electron chi connectivity index (χ2n) is 6.72. The van der Waals surface area contributed by atoms with Gasteiger partial charge in [0, 0.05) is 18.2 Å². The number of benzene rings is 1. The minimum Gasteiger partial charge on any atom is -0.497 e. The Morgan fingerprint density at radius 1 is 1.19 bits per heavy atom. The molecule has 6 nitrogen and oxygen atoms in total. The van der Waals surface area contributed by atoms with Crippen molar-refractivity contribution >= 4 is 11.7 Å². The molecule has 0 aliphatic carbocycles. The molecule has 0 aliphatic heterocycles. The standard InChI is InChI=1S/C21H24N4O2/c1-14-9-10-22-19(11-14)25-20(13-16(3)24-25)23-21(26)15(2)12-17-5-7-18(27-4)8-6-17/h5-11,13,15H,12H2,1-4H3,(H,23,26). The van der Waals surface area contributed by atoms with E-state index in [9.17, 15) is 4.79 Å². The molecule has 0 saturated carbocycles. The second kappa shape index (κ2) is 8.03. The molecule has 1 N–H and O–H groups in total. The van der Waals surface area contributed by atoms with Gasteiger partial charge in [0.05, 0.1) is 12.8 Å². The Labute approximate surface area is 159 Å². The predicted octanol–water partition coefficient (Wildman–Crippen LogP) is 3.71. The van der Waals surface area contributed by atoms with Crippen molar-refractivity contribution < 1.29 is 9.53 Å². The number of hydrogen-bond donors (Lipinski definition) is 1. The summed E-state index contributed by atoms with van der Waals surface area (Å²) < 4.78 is 6.84. The third-order valence-electron chi connectivity index (χ3n) is 4.35. The van der Waals surface area contributed by atoms with E-state index in [1.165, 1.54) is 0 Å². The molecule has 27 heavy (non-hydrogen) atoms. The first-order valence-electron chi connectivity index (χ1n) is 8.90. The predicted molar refractivity (Wildman–Crippen MR) is 105 cm³/mol. The number of nitrogens with zero attached hydrogens (tertiary/aromatic N) is 3. The maximum Gasteiger partial charge on any atom is 0.228 e. The number of ether oxygens (including phenoxy) is 1. The van der Waals surface area contributed by atoms with Crippen LogP contribution in [-0.4, -0.2) is 27.8 Å². The highest BCUT2D eigenvalue weighted by atomic mass is 16.5. The Hall–Kier alpha value is -3.15. The zero-order chi connectivity index (χ0) is 19.4. The first-order valence-corrected chi connectivity index (χ1v) is 8.90.